The lowest BCUT2D eigenvalue weighted by Gasteiger charge is -2.12. The van der Waals surface area contributed by atoms with E-state index in [-0.39, 0.29) is 11.9 Å². The molecule has 112 valence electrons. The van der Waals surface area contributed by atoms with Gasteiger partial charge in [0.25, 0.3) is 5.91 Å². The van der Waals surface area contributed by atoms with Crippen molar-refractivity contribution in [2.75, 3.05) is 20.8 Å². The average Bonchev–Trinajstić information content (AvgIpc) is 2.75. The molecule has 0 aliphatic rings. The molecule has 0 saturated heterocycles. The Hall–Kier alpha value is -1.82. The van der Waals surface area contributed by atoms with Crippen molar-refractivity contribution in [2.45, 2.75) is 33.2 Å². The Morgan fingerprint density at radius 2 is 2.00 bits per heavy atom. The number of amides is 1. The summed E-state index contributed by atoms with van der Waals surface area (Å²) >= 11 is 0. The molecule has 0 saturated carbocycles. The van der Waals surface area contributed by atoms with Crippen molar-refractivity contribution in [2.24, 2.45) is 0 Å². The first kappa shape index (κ1) is 16.2. The minimum atomic E-state index is -0.431. The Balaban J connectivity index is 3.04. The number of methoxy groups -OCH3 is 2. The number of esters is 1. The Kier molecular flexibility index (Phi) is 5.76. The zero-order chi connectivity index (χ0) is 15.3. The molecule has 20 heavy (non-hydrogen) atoms. The first-order valence-electron chi connectivity index (χ1n) is 6.55. The fourth-order valence-corrected chi connectivity index (χ4v) is 2.12. The van der Waals surface area contributed by atoms with Crippen molar-refractivity contribution in [1.82, 2.24) is 10.3 Å². The molecule has 0 spiro atoms. The number of aromatic amines is 1. The highest BCUT2D eigenvalue weighted by atomic mass is 16.5. The third-order valence-corrected chi connectivity index (χ3v) is 3.09. The summed E-state index contributed by atoms with van der Waals surface area (Å²) in [6.07, 6.45) is 0.617. The maximum absolute atomic E-state index is 12.2. The van der Waals surface area contributed by atoms with E-state index >= 15 is 0 Å². The van der Waals surface area contributed by atoms with Gasteiger partial charge < -0.3 is 19.8 Å². The van der Waals surface area contributed by atoms with Crippen molar-refractivity contribution in [3.05, 3.63) is 22.5 Å². The number of hydrogen-bond acceptors (Lipinski definition) is 4. The summed E-state index contributed by atoms with van der Waals surface area (Å²) in [6.45, 7) is 5.92. The van der Waals surface area contributed by atoms with E-state index in [1.165, 1.54) is 7.11 Å². The predicted octanol–water partition coefficient (Wildman–Crippen LogP) is 1.44. The molecule has 1 rings (SSSR count). The average molecular weight is 282 g/mol. The molecule has 1 aromatic heterocycles. The van der Waals surface area contributed by atoms with Crippen LogP contribution in [-0.2, 0) is 15.9 Å². The van der Waals surface area contributed by atoms with Crippen LogP contribution in [0, 0.1) is 6.92 Å². The van der Waals surface area contributed by atoms with Crippen LogP contribution in [0.4, 0.5) is 0 Å². The van der Waals surface area contributed by atoms with Crippen LogP contribution in [0.5, 0.6) is 0 Å². The monoisotopic (exact) mass is 282 g/mol. The van der Waals surface area contributed by atoms with Crippen LogP contribution in [0.15, 0.2) is 0 Å². The molecule has 1 atom stereocenters. The number of rotatable bonds is 6. The standard InChI is InChI=1S/C14H22N2O4/c1-6-10-11(14(18)20-5)9(3)12(16-10)13(17)15-8(2)7-19-4/h8,16H,6-7H2,1-5H3,(H,15,17). The van der Waals surface area contributed by atoms with Crippen LogP contribution in [0.25, 0.3) is 0 Å². The highest BCUT2D eigenvalue weighted by molar-refractivity contribution is 6.00. The van der Waals surface area contributed by atoms with E-state index in [4.69, 9.17) is 9.47 Å². The van der Waals surface area contributed by atoms with E-state index in [1.807, 2.05) is 13.8 Å². The van der Waals surface area contributed by atoms with Crippen LogP contribution in [-0.4, -0.2) is 43.7 Å². The van der Waals surface area contributed by atoms with Gasteiger partial charge in [-0.25, -0.2) is 4.79 Å². The molecular formula is C14H22N2O4. The van der Waals surface area contributed by atoms with Gasteiger partial charge in [-0.3, -0.25) is 4.79 Å². The molecule has 0 bridgehead atoms. The molecular weight excluding hydrogens is 260 g/mol. The number of ether oxygens (including phenoxy) is 2. The van der Waals surface area contributed by atoms with Crippen LogP contribution in [0.2, 0.25) is 0 Å². The van der Waals surface area contributed by atoms with Crippen LogP contribution in [0.1, 0.15) is 46.0 Å². The van der Waals surface area contributed by atoms with Crippen molar-refractivity contribution in [1.29, 1.82) is 0 Å². The summed E-state index contributed by atoms with van der Waals surface area (Å²) in [5.41, 5.74) is 2.15. The molecule has 0 radical (unpaired) electrons. The second kappa shape index (κ2) is 7.09. The van der Waals surface area contributed by atoms with E-state index in [1.54, 1.807) is 14.0 Å². The highest BCUT2D eigenvalue weighted by Crippen LogP contribution is 2.20. The fraction of sp³-hybridized carbons (Fsp3) is 0.571. The topological polar surface area (TPSA) is 80.4 Å². The largest absolute Gasteiger partial charge is 0.465 e. The maximum atomic E-state index is 12.2. The summed E-state index contributed by atoms with van der Waals surface area (Å²) in [7, 11) is 2.90. The van der Waals surface area contributed by atoms with Gasteiger partial charge in [0.2, 0.25) is 0 Å². The number of hydrogen-bond donors (Lipinski definition) is 2. The van der Waals surface area contributed by atoms with Gasteiger partial charge in [0.1, 0.15) is 5.69 Å². The number of nitrogens with one attached hydrogen (secondary N) is 2. The lowest BCUT2D eigenvalue weighted by molar-refractivity contribution is 0.0599. The Morgan fingerprint density at radius 3 is 2.50 bits per heavy atom. The molecule has 6 nitrogen and oxygen atoms in total. The highest BCUT2D eigenvalue weighted by Gasteiger charge is 2.24. The summed E-state index contributed by atoms with van der Waals surface area (Å²) in [4.78, 5) is 27.0. The quantitative estimate of drug-likeness (QED) is 0.774. The van der Waals surface area contributed by atoms with Crippen LogP contribution in [0.3, 0.4) is 0 Å². The van der Waals surface area contributed by atoms with Gasteiger partial charge in [-0.1, -0.05) is 6.92 Å². The number of H-pyrrole nitrogens is 1. The summed E-state index contributed by atoms with van der Waals surface area (Å²) < 4.78 is 9.74. The van der Waals surface area contributed by atoms with Crippen molar-refractivity contribution >= 4 is 11.9 Å². The molecule has 1 aromatic rings. The van der Waals surface area contributed by atoms with Gasteiger partial charge in [0.15, 0.2) is 0 Å². The third-order valence-electron chi connectivity index (χ3n) is 3.09. The van der Waals surface area contributed by atoms with E-state index in [9.17, 15) is 9.59 Å². The maximum Gasteiger partial charge on any atom is 0.339 e. The Bertz CT molecular complexity index is 494. The van der Waals surface area contributed by atoms with Crippen molar-refractivity contribution in [3.8, 4) is 0 Å². The van der Waals surface area contributed by atoms with Crippen LogP contribution < -0.4 is 5.32 Å². The second-order valence-electron chi connectivity index (χ2n) is 4.65. The molecule has 0 aliphatic heterocycles. The summed E-state index contributed by atoms with van der Waals surface area (Å²) in [6, 6.07) is -0.109. The van der Waals surface area contributed by atoms with E-state index in [0.29, 0.717) is 35.5 Å². The fourth-order valence-electron chi connectivity index (χ4n) is 2.12. The Morgan fingerprint density at radius 1 is 1.35 bits per heavy atom. The lowest BCUT2D eigenvalue weighted by atomic mass is 10.1. The van der Waals surface area contributed by atoms with E-state index in [2.05, 4.69) is 10.3 Å². The molecule has 1 heterocycles. The first-order chi connectivity index (χ1) is 9.46. The van der Waals surface area contributed by atoms with Gasteiger partial charge >= 0.3 is 5.97 Å². The second-order valence-corrected chi connectivity index (χ2v) is 4.65. The number of aromatic nitrogens is 1. The smallest absolute Gasteiger partial charge is 0.339 e. The molecule has 0 aromatic carbocycles. The van der Waals surface area contributed by atoms with Crippen molar-refractivity contribution in [3.63, 3.8) is 0 Å². The molecule has 0 aliphatic carbocycles. The summed E-state index contributed by atoms with van der Waals surface area (Å²) in [5, 5.41) is 2.81. The summed E-state index contributed by atoms with van der Waals surface area (Å²) in [5.74, 6) is -0.684. The minimum Gasteiger partial charge on any atom is -0.465 e. The molecule has 0 fully saturated rings. The first-order valence-corrected chi connectivity index (χ1v) is 6.55. The Labute approximate surface area is 118 Å². The SMILES string of the molecule is CCc1[nH]c(C(=O)NC(C)COC)c(C)c1C(=O)OC. The van der Waals surface area contributed by atoms with Gasteiger partial charge in [-0.05, 0) is 25.8 Å². The number of carbonyl (C=O) groups excluding carboxylic acids is 2. The van der Waals surface area contributed by atoms with Gasteiger partial charge in [-0.15, -0.1) is 0 Å². The van der Waals surface area contributed by atoms with E-state index in [0.717, 1.165) is 0 Å². The molecule has 1 unspecified atom stereocenters. The van der Waals surface area contributed by atoms with Gasteiger partial charge in [0.05, 0.1) is 19.3 Å². The molecule has 6 heteroatoms. The number of carbonyl (C=O) groups is 2. The van der Waals surface area contributed by atoms with Crippen molar-refractivity contribution < 1.29 is 19.1 Å². The zero-order valence-corrected chi connectivity index (χ0v) is 12.6. The third kappa shape index (κ3) is 3.39. The molecule has 1 amide bonds. The predicted molar refractivity (Wildman–Crippen MR) is 75.1 cm³/mol. The van der Waals surface area contributed by atoms with E-state index < -0.39 is 5.97 Å². The van der Waals surface area contributed by atoms with Gasteiger partial charge in [0, 0.05) is 18.8 Å². The normalized spacial score (nSPS) is 12.1. The number of aryl methyl sites for hydroxylation is 1. The lowest BCUT2D eigenvalue weighted by Crippen LogP contribution is -2.36. The molecule has 2 N–H and O–H groups in total. The zero-order valence-electron chi connectivity index (χ0n) is 12.6. The van der Waals surface area contributed by atoms with Crippen LogP contribution >= 0.6 is 0 Å². The van der Waals surface area contributed by atoms with Gasteiger partial charge in [-0.2, -0.15) is 0 Å². The minimum absolute atomic E-state index is 0.109.